The van der Waals surface area contributed by atoms with Gasteiger partial charge in [-0.2, -0.15) is 0 Å². The Morgan fingerprint density at radius 1 is 1.12 bits per heavy atom. The van der Waals surface area contributed by atoms with Crippen LogP contribution in [0.2, 0.25) is 5.02 Å². The second kappa shape index (κ2) is 7.80. The third-order valence-electron chi connectivity index (χ3n) is 3.15. The van der Waals surface area contributed by atoms with Crippen molar-refractivity contribution in [3.63, 3.8) is 0 Å². The first-order valence-electron chi connectivity index (χ1n) is 6.80. The van der Waals surface area contributed by atoms with E-state index in [2.05, 4.69) is 10.6 Å². The van der Waals surface area contributed by atoms with Crippen LogP contribution in [0.25, 0.3) is 0 Å². The van der Waals surface area contributed by atoms with Crippen molar-refractivity contribution in [1.82, 2.24) is 0 Å². The molecule has 2 aromatic carbocycles. The highest BCUT2D eigenvalue weighted by molar-refractivity contribution is 7.80. The van der Waals surface area contributed by atoms with Crippen LogP contribution in [-0.2, 0) is 0 Å². The zero-order chi connectivity index (χ0) is 19.4. The first kappa shape index (κ1) is 19.1. The molecule has 0 aliphatic heterocycles. The molecule has 0 saturated heterocycles. The van der Waals surface area contributed by atoms with Crippen LogP contribution in [0.15, 0.2) is 30.3 Å². The molecule has 10 nitrogen and oxygen atoms in total. The number of nitrogens with zero attached hydrogens (tertiary/aromatic N) is 2. The number of aromatic hydroxyl groups is 1. The Kier molecular flexibility index (Phi) is 5.75. The van der Waals surface area contributed by atoms with Crippen LogP contribution in [0.4, 0.5) is 22.7 Å². The van der Waals surface area contributed by atoms with E-state index in [-0.39, 0.29) is 32.9 Å². The number of hydrogen-bond donors (Lipinski definition) is 3. The summed E-state index contributed by atoms with van der Waals surface area (Å²) in [5, 5.41) is 36.6. The Morgan fingerprint density at radius 2 is 1.73 bits per heavy atom. The number of phenols is 1. The fourth-order valence-electron chi connectivity index (χ4n) is 1.96. The number of benzene rings is 2. The van der Waals surface area contributed by atoms with Gasteiger partial charge in [-0.05, 0) is 18.3 Å². The molecule has 136 valence electrons. The van der Waals surface area contributed by atoms with Gasteiger partial charge in [0.15, 0.2) is 10.9 Å². The molecule has 2 rings (SSSR count). The summed E-state index contributed by atoms with van der Waals surface area (Å²) in [6, 6.07) is 5.88. The molecule has 0 aliphatic rings. The highest BCUT2D eigenvalue weighted by atomic mass is 35.5. The fourth-order valence-corrected chi connectivity index (χ4v) is 2.39. The first-order chi connectivity index (χ1) is 12.2. The van der Waals surface area contributed by atoms with Gasteiger partial charge in [-0.3, -0.25) is 20.2 Å². The summed E-state index contributed by atoms with van der Waals surface area (Å²) >= 11 is 10.8. The third kappa shape index (κ3) is 4.26. The summed E-state index contributed by atoms with van der Waals surface area (Å²) in [6.45, 7) is 0. The number of non-ortho nitro benzene ring substituents is 2. The molecule has 0 radical (unpaired) electrons. The Morgan fingerprint density at radius 3 is 2.31 bits per heavy atom. The number of nitro benzene ring substituents is 2. The lowest BCUT2D eigenvalue weighted by atomic mass is 10.2. The maximum absolute atomic E-state index is 10.9. The molecule has 0 amide bonds. The quantitative estimate of drug-likeness (QED) is 0.297. The van der Waals surface area contributed by atoms with E-state index < -0.39 is 15.6 Å². The molecule has 0 heterocycles. The van der Waals surface area contributed by atoms with Crippen molar-refractivity contribution in [1.29, 1.82) is 0 Å². The zero-order valence-corrected chi connectivity index (χ0v) is 14.6. The molecule has 0 spiro atoms. The first-order valence-corrected chi connectivity index (χ1v) is 7.59. The molecule has 26 heavy (non-hydrogen) atoms. The summed E-state index contributed by atoms with van der Waals surface area (Å²) in [4.78, 5) is 20.4. The van der Waals surface area contributed by atoms with E-state index in [1.807, 2.05) is 0 Å². The Hall–Kier alpha value is -3.18. The molecule has 3 N–H and O–H groups in total. The van der Waals surface area contributed by atoms with Gasteiger partial charge in [0.25, 0.3) is 11.4 Å². The highest BCUT2D eigenvalue weighted by Gasteiger charge is 2.17. The maximum atomic E-state index is 10.9. The standard InChI is InChI=1S/C14H11ClN4O6S/c1-25-12-6-7(18(21)22)2-3-10(12)16-14(26)17-11-5-8(19(23)24)4-9(15)13(11)20/h2-6,20H,1H3,(H2,16,17,26). The summed E-state index contributed by atoms with van der Waals surface area (Å²) in [5.74, 6) is -0.262. The number of phenolic OH excluding ortho intramolecular Hbond substituents is 1. The van der Waals surface area contributed by atoms with Gasteiger partial charge in [-0.1, -0.05) is 11.6 Å². The Balaban J connectivity index is 2.24. The number of anilines is 2. The van der Waals surface area contributed by atoms with E-state index in [1.54, 1.807) is 0 Å². The van der Waals surface area contributed by atoms with Crippen LogP contribution in [0.3, 0.4) is 0 Å². The van der Waals surface area contributed by atoms with Crippen molar-refractivity contribution in [2.24, 2.45) is 0 Å². The largest absolute Gasteiger partial charge is 0.504 e. The molecule has 0 aliphatic carbocycles. The monoisotopic (exact) mass is 398 g/mol. The second-order valence-corrected chi connectivity index (χ2v) is 5.62. The van der Waals surface area contributed by atoms with Crippen molar-refractivity contribution >= 4 is 51.7 Å². The molecule has 0 bridgehead atoms. The molecule has 0 unspecified atom stereocenters. The van der Waals surface area contributed by atoms with Crippen molar-refractivity contribution in [2.75, 3.05) is 17.7 Å². The minimum Gasteiger partial charge on any atom is -0.504 e. The number of rotatable bonds is 5. The summed E-state index contributed by atoms with van der Waals surface area (Å²) < 4.78 is 5.07. The zero-order valence-electron chi connectivity index (χ0n) is 13.1. The number of ether oxygens (including phenoxy) is 1. The number of nitro groups is 2. The number of nitrogens with one attached hydrogen (secondary N) is 2. The highest BCUT2D eigenvalue weighted by Crippen LogP contribution is 2.36. The maximum Gasteiger partial charge on any atom is 0.273 e. The molecular formula is C14H11ClN4O6S. The lowest BCUT2D eigenvalue weighted by Gasteiger charge is -2.14. The van der Waals surface area contributed by atoms with Gasteiger partial charge >= 0.3 is 0 Å². The van der Waals surface area contributed by atoms with Gasteiger partial charge in [0, 0.05) is 18.2 Å². The molecular weight excluding hydrogens is 388 g/mol. The topological polar surface area (TPSA) is 140 Å². The van der Waals surface area contributed by atoms with E-state index in [0.29, 0.717) is 5.69 Å². The lowest BCUT2D eigenvalue weighted by Crippen LogP contribution is -2.19. The van der Waals surface area contributed by atoms with Crippen LogP contribution < -0.4 is 15.4 Å². The van der Waals surface area contributed by atoms with Gasteiger partial charge < -0.3 is 20.5 Å². The molecule has 12 heteroatoms. The van der Waals surface area contributed by atoms with E-state index in [4.69, 9.17) is 28.6 Å². The SMILES string of the molecule is COc1cc([N+](=O)[O-])ccc1NC(=S)Nc1cc([N+](=O)[O-])cc(Cl)c1O. The third-order valence-corrected chi connectivity index (χ3v) is 3.64. The van der Waals surface area contributed by atoms with Gasteiger partial charge in [0.1, 0.15) is 5.75 Å². The number of halogens is 1. The summed E-state index contributed by atoms with van der Waals surface area (Å²) in [7, 11) is 1.33. The predicted octanol–water partition coefficient (Wildman–Crippen LogP) is 3.68. The molecule has 0 saturated carbocycles. The minimum absolute atomic E-state index is 0.0518. The molecule has 2 aromatic rings. The number of hydrogen-bond acceptors (Lipinski definition) is 7. The van der Waals surface area contributed by atoms with Crippen LogP contribution in [0.5, 0.6) is 11.5 Å². The normalized spacial score (nSPS) is 10.1. The molecule has 0 aromatic heterocycles. The Bertz CT molecular complexity index is 907. The van der Waals surface area contributed by atoms with Crippen molar-refractivity contribution < 1.29 is 19.7 Å². The van der Waals surface area contributed by atoms with Crippen molar-refractivity contribution in [3.8, 4) is 11.5 Å². The average molecular weight is 399 g/mol. The van der Waals surface area contributed by atoms with Crippen LogP contribution >= 0.6 is 23.8 Å². The predicted molar refractivity (Wildman–Crippen MR) is 99.3 cm³/mol. The smallest absolute Gasteiger partial charge is 0.273 e. The molecule has 0 fully saturated rings. The lowest BCUT2D eigenvalue weighted by molar-refractivity contribution is -0.385. The van der Waals surface area contributed by atoms with Crippen molar-refractivity contribution in [3.05, 3.63) is 55.6 Å². The van der Waals surface area contributed by atoms with Gasteiger partial charge in [0.2, 0.25) is 0 Å². The van der Waals surface area contributed by atoms with Crippen molar-refractivity contribution in [2.45, 2.75) is 0 Å². The van der Waals surface area contributed by atoms with E-state index >= 15 is 0 Å². The number of thiocarbonyl (C=S) groups is 1. The number of methoxy groups -OCH3 is 1. The average Bonchev–Trinajstić information content (AvgIpc) is 2.58. The van der Waals surface area contributed by atoms with Gasteiger partial charge in [-0.25, -0.2) is 0 Å². The van der Waals surface area contributed by atoms with Crippen LogP contribution in [-0.4, -0.2) is 27.2 Å². The van der Waals surface area contributed by atoms with Crippen LogP contribution in [0.1, 0.15) is 0 Å². The molecule has 0 atom stereocenters. The Labute approximate surface area is 156 Å². The van der Waals surface area contributed by atoms with Gasteiger partial charge in [-0.15, -0.1) is 0 Å². The van der Waals surface area contributed by atoms with Gasteiger partial charge in [0.05, 0.1) is 39.4 Å². The minimum atomic E-state index is -0.674. The fraction of sp³-hybridized carbons (Fsp3) is 0.0714. The van der Waals surface area contributed by atoms with E-state index in [1.165, 1.54) is 25.3 Å². The van der Waals surface area contributed by atoms with E-state index in [9.17, 15) is 25.3 Å². The summed E-state index contributed by atoms with van der Waals surface area (Å²) in [6.07, 6.45) is 0. The van der Waals surface area contributed by atoms with E-state index in [0.717, 1.165) is 12.1 Å². The second-order valence-electron chi connectivity index (χ2n) is 4.80. The van der Waals surface area contributed by atoms with Crippen LogP contribution in [0, 0.1) is 20.2 Å². The summed E-state index contributed by atoms with van der Waals surface area (Å²) in [5.41, 5.74) is -0.283.